The Morgan fingerprint density at radius 1 is 1.32 bits per heavy atom. The van der Waals surface area contributed by atoms with Crippen molar-refractivity contribution in [2.24, 2.45) is 21.5 Å². The third-order valence-electron chi connectivity index (χ3n) is 3.63. The van der Waals surface area contributed by atoms with Gasteiger partial charge >= 0.3 is 5.97 Å². The van der Waals surface area contributed by atoms with E-state index in [2.05, 4.69) is 47.6 Å². The van der Waals surface area contributed by atoms with E-state index < -0.39 is 0 Å². The summed E-state index contributed by atoms with van der Waals surface area (Å²) in [5, 5.41) is 12.5. The van der Waals surface area contributed by atoms with Crippen LogP contribution in [-0.2, 0) is 16.0 Å². The molecule has 156 valence electrons. The van der Waals surface area contributed by atoms with Gasteiger partial charge in [-0.15, -0.1) is 5.10 Å². The van der Waals surface area contributed by atoms with Crippen LogP contribution < -0.4 is 5.32 Å². The average Bonchev–Trinajstić information content (AvgIpc) is 2.55. The number of nitrogens with one attached hydrogen (secondary N) is 1. The standard InChI is InChI=1S/C22H35N3O2S/c1-8-9-18-11-10-17(4)12-19(18)24-21(25-23-14-16(2)3)28-15-27-20(26)13-22(5,6)7/h10-12,14,16H,8-9,13,15H2,1-7H3,(H,24,25)/b23-14+. The highest BCUT2D eigenvalue weighted by molar-refractivity contribution is 8.14. The second-order valence-corrected chi connectivity index (χ2v) is 9.38. The zero-order valence-corrected chi connectivity index (χ0v) is 19.2. The van der Waals surface area contributed by atoms with Gasteiger partial charge in [-0.2, -0.15) is 5.10 Å². The molecule has 0 spiro atoms. The van der Waals surface area contributed by atoms with E-state index in [0.29, 0.717) is 17.5 Å². The van der Waals surface area contributed by atoms with E-state index in [-0.39, 0.29) is 17.3 Å². The van der Waals surface area contributed by atoms with Gasteiger partial charge in [0.2, 0.25) is 0 Å². The zero-order chi connectivity index (χ0) is 21.2. The first-order valence-electron chi connectivity index (χ1n) is 9.87. The highest BCUT2D eigenvalue weighted by Gasteiger charge is 2.17. The van der Waals surface area contributed by atoms with Crippen LogP contribution in [0.4, 0.5) is 5.69 Å². The van der Waals surface area contributed by atoms with Crippen LogP contribution >= 0.6 is 11.8 Å². The number of esters is 1. The van der Waals surface area contributed by atoms with Crippen LogP contribution in [0.15, 0.2) is 28.4 Å². The first kappa shape index (κ1) is 24.2. The van der Waals surface area contributed by atoms with Crippen molar-refractivity contribution in [2.45, 2.75) is 67.7 Å². The van der Waals surface area contributed by atoms with E-state index >= 15 is 0 Å². The summed E-state index contributed by atoms with van der Waals surface area (Å²) >= 11 is 1.34. The summed E-state index contributed by atoms with van der Waals surface area (Å²) in [6, 6.07) is 6.37. The van der Waals surface area contributed by atoms with Crippen molar-refractivity contribution < 1.29 is 9.53 Å². The highest BCUT2D eigenvalue weighted by atomic mass is 32.2. The molecule has 0 aliphatic rings. The molecule has 0 aliphatic carbocycles. The van der Waals surface area contributed by atoms with Crippen LogP contribution in [0.25, 0.3) is 0 Å². The first-order valence-corrected chi connectivity index (χ1v) is 10.9. The molecule has 0 atom stereocenters. The number of ether oxygens (including phenoxy) is 1. The summed E-state index contributed by atoms with van der Waals surface area (Å²) in [7, 11) is 0. The number of amidine groups is 1. The number of hydrogen-bond acceptors (Lipinski definition) is 5. The summed E-state index contributed by atoms with van der Waals surface area (Å²) in [6.45, 7) is 14.4. The number of benzene rings is 1. The molecule has 5 nitrogen and oxygen atoms in total. The molecular formula is C22H35N3O2S. The summed E-state index contributed by atoms with van der Waals surface area (Å²) in [6.07, 6.45) is 4.22. The molecule has 1 rings (SSSR count). The number of thioether (sulfide) groups is 1. The second-order valence-electron chi connectivity index (χ2n) is 8.47. The Hall–Kier alpha value is -1.82. The number of hydrogen-bond donors (Lipinski definition) is 1. The minimum atomic E-state index is -0.202. The fourth-order valence-electron chi connectivity index (χ4n) is 2.35. The molecular weight excluding hydrogens is 370 g/mol. The van der Waals surface area contributed by atoms with E-state index in [4.69, 9.17) is 4.74 Å². The van der Waals surface area contributed by atoms with Gasteiger partial charge in [-0.25, -0.2) is 0 Å². The van der Waals surface area contributed by atoms with Gasteiger partial charge in [-0.1, -0.05) is 60.1 Å². The number of anilines is 1. The first-order chi connectivity index (χ1) is 13.1. The molecule has 0 heterocycles. The maximum absolute atomic E-state index is 12.0. The van der Waals surface area contributed by atoms with Gasteiger partial charge in [0.15, 0.2) is 5.17 Å². The predicted molar refractivity (Wildman–Crippen MR) is 122 cm³/mol. The number of nitrogens with zero attached hydrogens (tertiary/aromatic N) is 2. The van der Waals surface area contributed by atoms with E-state index in [1.54, 1.807) is 6.21 Å². The Labute approximate surface area is 174 Å². The lowest BCUT2D eigenvalue weighted by atomic mass is 9.93. The molecule has 0 aromatic heterocycles. The molecule has 28 heavy (non-hydrogen) atoms. The van der Waals surface area contributed by atoms with Crippen molar-refractivity contribution >= 4 is 34.8 Å². The van der Waals surface area contributed by atoms with Crippen molar-refractivity contribution in [3.8, 4) is 0 Å². The van der Waals surface area contributed by atoms with Crippen molar-refractivity contribution in [3.05, 3.63) is 29.3 Å². The van der Waals surface area contributed by atoms with Crippen LogP contribution in [-0.4, -0.2) is 23.3 Å². The van der Waals surface area contributed by atoms with Crippen molar-refractivity contribution in [3.63, 3.8) is 0 Å². The highest BCUT2D eigenvalue weighted by Crippen LogP contribution is 2.22. The third kappa shape index (κ3) is 10.5. The smallest absolute Gasteiger partial charge is 0.307 e. The van der Waals surface area contributed by atoms with Crippen molar-refractivity contribution in [2.75, 3.05) is 11.3 Å². The summed E-state index contributed by atoms with van der Waals surface area (Å²) in [4.78, 5) is 12.0. The molecule has 0 amide bonds. The van der Waals surface area contributed by atoms with E-state index in [1.165, 1.54) is 22.9 Å². The molecule has 0 saturated heterocycles. The minimum absolute atomic E-state index is 0.0882. The number of carbonyl (C=O) groups excluding carboxylic acids is 1. The normalized spacial score (nSPS) is 12.6. The molecule has 0 saturated carbocycles. The Kier molecular flexibility index (Phi) is 10.3. The fraction of sp³-hybridized carbons (Fsp3) is 0.591. The number of aryl methyl sites for hydroxylation is 2. The molecule has 1 aromatic rings. The quantitative estimate of drug-likeness (QED) is 0.189. The minimum Gasteiger partial charge on any atom is -0.454 e. The molecule has 0 fully saturated rings. The molecule has 1 N–H and O–H groups in total. The van der Waals surface area contributed by atoms with Gasteiger partial charge in [-0.3, -0.25) is 4.79 Å². The Morgan fingerprint density at radius 3 is 2.64 bits per heavy atom. The zero-order valence-electron chi connectivity index (χ0n) is 18.3. The molecule has 1 aromatic carbocycles. The van der Waals surface area contributed by atoms with Gasteiger partial charge < -0.3 is 10.1 Å². The topological polar surface area (TPSA) is 63.1 Å². The Bertz CT molecular complexity index is 692. The molecule has 6 heteroatoms. The van der Waals surface area contributed by atoms with Crippen LogP contribution in [0.2, 0.25) is 0 Å². The van der Waals surface area contributed by atoms with E-state index in [9.17, 15) is 4.79 Å². The average molecular weight is 406 g/mol. The van der Waals surface area contributed by atoms with E-state index in [0.717, 1.165) is 18.5 Å². The van der Waals surface area contributed by atoms with Gasteiger partial charge in [0.25, 0.3) is 0 Å². The lowest BCUT2D eigenvalue weighted by Crippen LogP contribution is -2.17. The summed E-state index contributed by atoms with van der Waals surface area (Å²) < 4.78 is 5.37. The van der Waals surface area contributed by atoms with Crippen LogP contribution in [0.3, 0.4) is 0 Å². The molecule has 0 unspecified atom stereocenters. The largest absolute Gasteiger partial charge is 0.454 e. The van der Waals surface area contributed by atoms with Gasteiger partial charge in [0.1, 0.15) is 5.94 Å². The molecule has 0 radical (unpaired) electrons. The monoisotopic (exact) mass is 405 g/mol. The lowest BCUT2D eigenvalue weighted by Gasteiger charge is -2.17. The number of carbonyl (C=O) groups is 1. The van der Waals surface area contributed by atoms with Crippen LogP contribution in [0, 0.1) is 18.3 Å². The van der Waals surface area contributed by atoms with Crippen molar-refractivity contribution in [1.82, 2.24) is 0 Å². The van der Waals surface area contributed by atoms with Crippen LogP contribution in [0.5, 0.6) is 0 Å². The predicted octanol–water partition coefficient (Wildman–Crippen LogP) is 6.03. The summed E-state index contributed by atoms with van der Waals surface area (Å²) in [5.41, 5.74) is 3.34. The van der Waals surface area contributed by atoms with Gasteiger partial charge in [0, 0.05) is 11.9 Å². The van der Waals surface area contributed by atoms with E-state index in [1.807, 2.05) is 34.6 Å². The maximum atomic E-state index is 12.0. The van der Waals surface area contributed by atoms with Crippen LogP contribution in [0.1, 0.15) is 65.5 Å². The van der Waals surface area contributed by atoms with Crippen molar-refractivity contribution in [1.29, 1.82) is 0 Å². The maximum Gasteiger partial charge on any atom is 0.307 e. The SMILES string of the molecule is CCCc1ccc(C)cc1N/C(=N/N=C/C(C)C)SCOC(=O)CC(C)(C)C. The van der Waals surface area contributed by atoms with Gasteiger partial charge in [0.05, 0.1) is 6.42 Å². The summed E-state index contributed by atoms with van der Waals surface area (Å²) in [5.74, 6) is 0.314. The Morgan fingerprint density at radius 2 is 2.04 bits per heavy atom. The fourth-order valence-corrected chi connectivity index (χ4v) is 2.94. The number of rotatable bonds is 8. The molecule has 0 bridgehead atoms. The Balaban J connectivity index is 2.86. The third-order valence-corrected chi connectivity index (χ3v) is 4.32. The second kappa shape index (κ2) is 11.9. The lowest BCUT2D eigenvalue weighted by molar-refractivity contribution is -0.143. The molecule has 0 aliphatic heterocycles. The van der Waals surface area contributed by atoms with Gasteiger partial charge in [-0.05, 0) is 53.6 Å².